The van der Waals surface area contributed by atoms with Crippen molar-refractivity contribution in [2.75, 3.05) is 13.7 Å². The SMILES string of the molecule is CCC=CCC=CCC=CCCCCCCCCOP(=O)(F)OC. The van der Waals surface area contributed by atoms with Gasteiger partial charge >= 0.3 is 7.91 Å². The highest BCUT2D eigenvalue weighted by atomic mass is 31.2. The minimum absolute atomic E-state index is 0.159. The fraction of sp³-hybridized carbons (Fsp3) is 0.684. The van der Waals surface area contributed by atoms with Crippen LogP contribution in [0.2, 0.25) is 0 Å². The molecule has 0 aromatic rings. The number of allylic oxidation sites excluding steroid dienone is 6. The minimum Gasteiger partial charge on any atom is -0.287 e. The maximum atomic E-state index is 12.8. The van der Waals surface area contributed by atoms with Gasteiger partial charge in [0.05, 0.1) is 6.61 Å². The molecule has 0 aromatic heterocycles. The molecule has 0 N–H and O–H groups in total. The number of unbranched alkanes of at least 4 members (excludes halogenated alkanes) is 6. The summed E-state index contributed by atoms with van der Waals surface area (Å²) in [6, 6.07) is 0. The standard InChI is InChI=1S/C19H34FO3P/c1-3-4-5-6-7-8-9-10-11-12-13-14-15-16-17-18-19-23-24(20,21)22-2/h4-5,7-8,10-11H,3,6,9,12-19H2,1-2H3. The average Bonchev–Trinajstić information content (AvgIpc) is 2.57. The second kappa shape index (κ2) is 17.1. The predicted octanol–water partition coefficient (Wildman–Crippen LogP) is 7.32. The fourth-order valence-corrected chi connectivity index (χ4v) is 2.58. The van der Waals surface area contributed by atoms with Crippen molar-refractivity contribution in [3.05, 3.63) is 36.5 Å². The Morgan fingerprint density at radius 2 is 1.38 bits per heavy atom. The summed E-state index contributed by atoms with van der Waals surface area (Å²) in [6.07, 6.45) is 23.9. The highest BCUT2D eigenvalue weighted by Gasteiger charge is 2.20. The van der Waals surface area contributed by atoms with E-state index in [0.29, 0.717) is 0 Å². The van der Waals surface area contributed by atoms with E-state index < -0.39 is 7.91 Å². The molecule has 0 aliphatic carbocycles. The van der Waals surface area contributed by atoms with Gasteiger partial charge in [-0.05, 0) is 38.5 Å². The van der Waals surface area contributed by atoms with Gasteiger partial charge in [0, 0.05) is 7.11 Å². The number of halogens is 1. The van der Waals surface area contributed by atoms with Crippen LogP contribution >= 0.6 is 7.91 Å². The second-order valence-corrected chi connectivity index (χ2v) is 7.13. The van der Waals surface area contributed by atoms with Crippen molar-refractivity contribution >= 4 is 7.91 Å². The molecule has 0 aromatic carbocycles. The lowest BCUT2D eigenvalue weighted by Crippen LogP contribution is -1.92. The molecule has 0 fully saturated rings. The molecule has 0 spiro atoms. The van der Waals surface area contributed by atoms with Crippen LogP contribution in [-0.4, -0.2) is 13.7 Å². The Hall–Kier alpha value is -0.700. The first-order valence-electron chi connectivity index (χ1n) is 9.07. The summed E-state index contributed by atoms with van der Waals surface area (Å²) in [5.41, 5.74) is 0. The lowest BCUT2D eigenvalue weighted by Gasteiger charge is -2.06. The Balaban J connectivity index is 3.29. The molecular formula is C19H34FO3P. The maximum absolute atomic E-state index is 12.8. The third kappa shape index (κ3) is 17.7. The Morgan fingerprint density at radius 3 is 2.00 bits per heavy atom. The minimum atomic E-state index is -4.28. The summed E-state index contributed by atoms with van der Waals surface area (Å²) in [5.74, 6) is 0. The van der Waals surface area contributed by atoms with Gasteiger partial charge in [-0.3, -0.25) is 9.05 Å². The van der Waals surface area contributed by atoms with Crippen molar-refractivity contribution in [2.24, 2.45) is 0 Å². The zero-order valence-electron chi connectivity index (χ0n) is 15.3. The van der Waals surface area contributed by atoms with Gasteiger partial charge in [0.25, 0.3) is 0 Å². The van der Waals surface area contributed by atoms with Crippen molar-refractivity contribution in [2.45, 2.75) is 71.1 Å². The molecule has 0 aliphatic heterocycles. The molecule has 0 radical (unpaired) electrons. The van der Waals surface area contributed by atoms with Crippen molar-refractivity contribution < 1.29 is 17.8 Å². The average molecular weight is 360 g/mol. The summed E-state index contributed by atoms with van der Waals surface area (Å²) < 4.78 is 32.3. The van der Waals surface area contributed by atoms with Gasteiger partial charge in [-0.25, -0.2) is 4.57 Å². The summed E-state index contributed by atoms with van der Waals surface area (Å²) in [4.78, 5) is 0. The lowest BCUT2D eigenvalue weighted by molar-refractivity contribution is 0.197. The molecule has 140 valence electrons. The third-order valence-electron chi connectivity index (χ3n) is 3.51. The number of hydrogen-bond acceptors (Lipinski definition) is 3. The maximum Gasteiger partial charge on any atom is 0.512 e. The summed E-state index contributed by atoms with van der Waals surface area (Å²) >= 11 is 0. The van der Waals surface area contributed by atoms with Gasteiger partial charge in [0.15, 0.2) is 0 Å². The molecule has 0 saturated heterocycles. The Kier molecular flexibility index (Phi) is 16.6. The molecular weight excluding hydrogens is 326 g/mol. The van der Waals surface area contributed by atoms with Crippen LogP contribution in [0.3, 0.4) is 0 Å². The zero-order valence-corrected chi connectivity index (χ0v) is 16.2. The summed E-state index contributed by atoms with van der Waals surface area (Å²) in [7, 11) is -3.23. The number of rotatable bonds is 16. The molecule has 5 heteroatoms. The van der Waals surface area contributed by atoms with E-state index in [4.69, 9.17) is 0 Å². The van der Waals surface area contributed by atoms with E-state index in [-0.39, 0.29) is 6.61 Å². The molecule has 0 amide bonds. The topological polar surface area (TPSA) is 35.5 Å². The number of hydrogen-bond donors (Lipinski definition) is 0. The van der Waals surface area contributed by atoms with Crippen LogP contribution in [0.25, 0.3) is 0 Å². The molecule has 24 heavy (non-hydrogen) atoms. The van der Waals surface area contributed by atoms with E-state index in [0.717, 1.165) is 52.1 Å². The first kappa shape index (κ1) is 23.3. The quantitative estimate of drug-likeness (QED) is 0.164. The molecule has 0 bridgehead atoms. The van der Waals surface area contributed by atoms with E-state index >= 15 is 0 Å². The molecule has 0 rings (SSSR count). The van der Waals surface area contributed by atoms with Gasteiger partial charge in [-0.15, -0.1) is 4.20 Å². The van der Waals surface area contributed by atoms with Crippen molar-refractivity contribution in [1.82, 2.24) is 0 Å². The summed E-state index contributed by atoms with van der Waals surface area (Å²) in [5, 5.41) is 0. The summed E-state index contributed by atoms with van der Waals surface area (Å²) in [6.45, 7) is 2.30. The first-order chi connectivity index (χ1) is 11.6. The van der Waals surface area contributed by atoms with Crippen molar-refractivity contribution in [3.8, 4) is 0 Å². The Morgan fingerprint density at radius 1 is 0.833 bits per heavy atom. The van der Waals surface area contributed by atoms with Crippen LogP contribution in [-0.2, 0) is 13.6 Å². The van der Waals surface area contributed by atoms with Gasteiger partial charge < -0.3 is 0 Å². The monoisotopic (exact) mass is 360 g/mol. The molecule has 0 heterocycles. The highest BCUT2D eigenvalue weighted by Crippen LogP contribution is 2.48. The van der Waals surface area contributed by atoms with Crippen LogP contribution in [0, 0.1) is 0 Å². The van der Waals surface area contributed by atoms with Crippen LogP contribution in [0.4, 0.5) is 4.20 Å². The van der Waals surface area contributed by atoms with Crippen LogP contribution < -0.4 is 0 Å². The Bertz CT molecular complexity index is 405. The molecule has 0 saturated carbocycles. The van der Waals surface area contributed by atoms with Crippen molar-refractivity contribution in [3.63, 3.8) is 0 Å². The van der Waals surface area contributed by atoms with Crippen LogP contribution in [0.15, 0.2) is 36.5 Å². The first-order valence-corrected chi connectivity index (χ1v) is 10.5. The molecule has 1 unspecified atom stereocenters. The molecule has 1 atom stereocenters. The smallest absolute Gasteiger partial charge is 0.287 e. The lowest BCUT2D eigenvalue weighted by atomic mass is 10.1. The second-order valence-electron chi connectivity index (χ2n) is 5.65. The van der Waals surface area contributed by atoms with Gasteiger partial charge in [0.2, 0.25) is 0 Å². The van der Waals surface area contributed by atoms with E-state index in [1.54, 1.807) is 0 Å². The normalized spacial score (nSPS) is 15.0. The predicted molar refractivity (Wildman–Crippen MR) is 101 cm³/mol. The van der Waals surface area contributed by atoms with Gasteiger partial charge in [-0.2, -0.15) is 0 Å². The zero-order chi connectivity index (χ0) is 17.9. The highest BCUT2D eigenvalue weighted by molar-refractivity contribution is 7.48. The molecule has 0 aliphatic rings. The van der Waals surface area contributed by atoms with Gasteiger partial charge in [-0.1, -0.05) is 69.1 Å². The fourth-order valence-electron chi connectivity index (χ4n) is 2.12. The van der Waals surface area contributed by atoms with E-state index in [1.807, 2.05) is 0 Å². The van der Waals surface area contributed by atoms with Gasteiger partial charge in [0.1, 0.15) is 0 Å². The van der Waals surface area contributed by atoms with Crippen LogP contribution in [0.1, 0.15) is 71.1 Å². The Labute approximate surface area is 147 Å². The largest absolute Gasteiger partial charge is 0.512 e. The van der Waals surface area contributed by atoms with Crippen molar-refractivity contribution in [1.29, 1.82) is 0 Å². The van der Waals surface area contributed by atoms with E-state index in [2.05, 4.69) is 52.4 Å². The van der Waals surface area contributed by atoms with Crippen LogP contribution in [0.5, 0.6) is 0 Å². The molecule has 3 nitrogen and oxygen atoms in total. The van der Waals surface area contributed by atoms with E-state index in [1.165, 1.54) is 19.3 Å². The van der Waals surface area contributed by atoms with E-state index in [9.17, 15) is 8.76 Å². The third-order valence-corrected chi connectivity index (χ3v) is 4.44.